The van der Waals surface area contributed by atoms with Crippen LogP contribution in [0.4, 0.5) is 30.2 Å². The molecule has 0 atom stereocenters. The van der Waals surface area contributed by atoms with E-state index in [0.717, 1.165) is 24.3 Å². The number of anilines is 2. The van der Waals surface area contributed by atoms with Crippen LogP contribution in [0.25, 0.3) is 0 Å². The maximum Gasteiger partial charge on any atom is 0.416 e. The predicted molar refractivity (Wildman–Crippen MR) is 107 cm³/mol. The average Bonchev–Trinajstić information content (AvgIpc) is 2.71. The fourth-order valence-electron chi connectivity index (χ4n) is 2.51. The third kappa shape index (κ3) is 7.38. The van der Waals surface area contributed by atoms with Gasteiger partial charge in [-0.3, -0.25) is 24.5 Å². The number of ether oxygens (including phenoxy) is 1. The summed E-state index contributed by atoms with van der Waals surface area (Å²) >= 11 is 0. The van der Waals surface area contributed by atoms with E-state index in [0.29, 0.717) is 5.56 Å². The van der Waals surface area contributed by atoms with Crippen molar-refractivity contribution in [2.45, 2.75) is 25.9 Å². The van der Waals surface area contributed by atoms with Crippen LogP contribution in [0.2, 0.25) is 0 Å². The molecular weight excluding hydrogens is 435 g/mol. The molecule has 0 radical (unpaired) electrons. The molecule has 0 fully saturated rings. The van der Waals surface area contributed by atoms with Crippen molar-refractivity contribution in [1.82, 2.24) is 0 Å². The van der Waals surface area contributed by atoms with Crippen LogP contribution >= 0.6 is 0 Å². The highest BCUT2D eigenvalue weighted by Gasteiger charge is 2.30. The van der Waals surface area contributed by atoms with Gasteiger partial charge in [-0.25, -0.2) is 0 Å². The Hall–Kier alpha value is -3.96. The maximum atomic E-state index is 12.7. The number of hydrogen-bond acceptors (Lipinski definition) is 6. The molecule has 32 heavy (non-hydrogen) atoms. The van der Waals surface area contributed by atoms with Gasteiger partial charge < -0.3 is 15.4 Å². The summed E-state index contributed by atoms with van der Waals surface area (Å²) in [5.41, 5.74) is -0.650. The van der Waals surface area contributed by atoms with E-state index in [-0.39, 0.29) is 23.5 Å². The number of nitrogens with zero attached hydrogens (tertiary/aromatic N) is 1. The number of hydrogen-bond donors (Lipinski definition) is 2. The van der Waals surface area contributed by atoms with Crippen LogP contribution in [0, 0.1) is 17.0 Å². The number of halogens is 3. The first-order valence-corrected chi connectivity index (χ1v) is 9.13. The van der Waals surface area contributed by atoms with E-state index in [9.17, 15) is 37.7 Å². The first-order chi connectivity index (χ1) is 15.0. The lowest BCUT2D eigenvalue weighted by atomic mass is 10.2. The molecule has 0 saturated carbocycles. The van der Waals surface area contributed by atoms with Gasteiger partial charge >= 0.3 is 12.1 Å². The van der Waals surface area contributed by atoms with E-state index in [4.69, 9.17) is 4.74 Å². The molecule has 2 aromatic rings. The van der Waals surface area contributed by atoms with E-state index in [1.807, 2.05) is 0 Å². The Kier molecular flexibility index (Phi) is 7.88. The molecule has 12 heteroatoms. The van der Waals surface area contributed by atoms with Crippen molar-refractivity contribution in [3.8, 4) is 0 Å². The Labute approximate surface area is 179 Å². The van der Waals surface area contributed by atoms with Gasteiger partial charge in [0.2, 0.25) is 5.91 Å². The molecule has 2 rings (SSSR count). The zero-order valence-corrected chi connectivity index (χ0v) is 16.7. The predicted octanol–water partition coefficient (Wildman–Crippen LogP) is 3.82. The molecule has 0 spiro atoms. The van der Waals surface area contributed by atoms with Crippen LogP contribution in [0.15, 0.2) is 42.5 Å². The number of carbonyl (C=O) groups is 3. The summed E-state index contributed by atoms with van der Waals surface area (Å²) < 4.78 is 42.8. The van der Waals surface area contributed by atoms with E-state index < -0.39 is 47.5 Å². The van der Waals surface area contributed by atoms with Crippen LogP contribution in [0.1, 0.15) is 24.0 Å². The van der Waals surface area contributed by atoms with Crippen LogP contribution in [0.3, 0.4) is 0 Å². The molecule has 0 aliphatic carbocycles. The van der Waals surface area contributed by atoms with Gasteiger partial charge in [-0.15, -0.1) is 0 Å². The lowest BCUT2D eigenvalue weighted by molar-refractivity contribution is -0.385. The lowest BCUT2D eigenvalue weighted by Crippen LogP contribution is -2.22. The van der Waals surface area contributed by atoms with Crippen LogP contribution in [-0.2, 0) is 25.3 Å². The van der Waals surface area contributed by atoms with E-state index in [2.05, 4.69) is 10.6 Å². The molecule has 0 heterocycles. The standard InChI is InChI=1S/C20H18F3N3O6/c1-12-5-6-15(10-16(12)26(30)31)25-18(28)11-32-19(29)8-7-17(27)24-14-4-2-3-13(9-14)20(21,22)23/h2-6,9-10H,7-8,11H2,1H3,(H,24,27)(H,25,28). The third-order valence-electron chi connectivity index (χ3n) is 4.08. The topological polar surface area (TPSA) is 128 Å². The van der Waals surface area contributed by atoms with E-state index in [1.54, 1.807) is 0 Å². The van der Waals surface area contributed by atoms with Gasteiger partial charge in [-0.2, -0.15) is 13.2 Å². The highest BCUT2D eigenvalue weighted by Crippen LogP contribution is 2.30. The Balaban J connectivity index is 1.77. The normalized spacial score (nSPS) is 10.9. The number of amides is 2. The van der Waals surface area contributed by atoms with Crippen molar-refractivity contribution < 1.29 is 37.2 Å². The third-order valence-corrected chi connectivity index (χ3v) is 4.08. The Morgan fingerprint density at radius 1 is 1.00 bits per heavy atom. The van der Waals surface area contributed by atoms with Crippen LogP contribution in [0.5, 0.6) is 0 Å². The van der Waals surface area contributed by atoms with Crippen molar-refractivity contribution in [2.24, 2.45) is 0 Å². The summed E-state index contributed by atoms with van der Waals surface area (Å²) in [7, 11) is 0. The van der Waals surface area contributed by atoms with Gasteiger partial charge in [-0.05, 0) is 31.2 Å². The van der Waals surface area contributed by atoms with Gasteiger partial charge in [0.1, 0.15) is 0 Å². The number of nitrogens with one attached hydrogen (secondary N) is 2. The molecule has 2 N–H and O–H groups in total. The summed E-state index contributed by atoms with van der Waals surface area (Å²) in [6.45, 7) is 0.852. The number of esters is 1. The van der Waals surface area contributed by atoms with Crippen LogP contribution < -0.4 is 10.6 Å². The number of nitro benzene ring substituents is 1. The molecule has 0 unspecified atom stereocenters. The number of carbonyl (C=O) groups excluding carboxylic acids is 3. The van der Waals surface area contributed by atoms with Gasteiger partial charge in [-0.1, -0.05) is 12.1 Å². The summed E-state index contributed by atoms with van der Waals surface area (Å²) in [6.07, 6.45) is -5.34. The maximum absolute atomic E-state index is 12.7. The zero-order chi connectivity index (χ0) is 23.9. The van der Waals surface area contributed by atoms with E-state index in [1.165, 1.54) is 25.1 Å². The lowest BCUT2D eigenvalue weighted by Gasteiger charge is -2.10. The van der Waals surface area contributed by atoms with Gasteiger partial charge in [0.05, 0.1) is 16.9 Å². The Morgan fingerprint density at radius 2 is 1.66 bits per heavy atom. The first kappa shape index (κ1) is 24.3. The quantitative estimate of drug-likeness (QED) is 0.355. The van der Waals surface area contributed by atoms with Crippen molar-refractivity contribution in [2.75, 3.05) is 17.2 Å². The fraction of sp³-hybridized carbons (Fsp3) is 0.250. The van der Waals surface area contributed by atoms with Gasteiger partial charge in [0, 0.05) is 29.4 Å². The highest BCUT2D eigenvalue weighted by atomic mass is 19.4. The molecule has 0 bridgehead atoms. The molecule has 0 saturated heterocycles. The monoisotopic (exact) mass is 453 g/mol. The van der Waals surface area contributed by atoms with Crippen molar-refractivity contribution in [3.05, 3.63) is 63.7 Å². The van der Waals surface area contributed by atoms with Gasteiger partial charge in [0.15, 0.2) is 6.61 Å². The van der Waals surface area contributed by atoms with Crippen molar-refractivity contribution in [1.29, 1.82) is 0 Å². The minimum absolute atomic E-state index is 0.0789. The number of benzene rings is 2. The molecule has 170 valence electrons. The van der Waals surface area contributed by atoms with E-state index >= 15 is 0 Å². The zero-order valence-electron chi connectivity index (χ0n) is 16.7. The van der Waals surface area contributed by atoms with Crippen LogP contribution in [-0.4, -0.2) is 29.3 Å². The molecule has 0 aliphatic rings. The summed E-state index contributed by atoms with van der Waals surface area (Å²) in [5, 5.41) is 15.5. The highest BCUT2D eigenvalue weighted by molar-refractivity contribution is 5.94. The second kappa shape index (κ2) is 10.4. The second-order valence-corrected chi connectivity index (χ2v) is 6.59. The summed E-state index contributed by atoms with van der Waals surface area (Å²) in [4.78, 5) is 45.7. The molecule has 0 aliphatic heterocycles. The minimum atomic E-state index is -4.56. The largest absolute Gasteiger partial charge is 0.456 e. The summed E-state index contributed by atoms with van der Waals surface area (Å²) in [6, 6.07) is 8.07. The minimum Gasteiger partial charge on any atom is -0.456 e. The summed E-state index contributed by atoms with van der Waals surface area (Å²) in [5.74, 6) is -2.34. The molecule has 0 aromatic heterocycles. The Bertz CT molecular complexity index is 1040. The molecular formula is C20H18F3N3O6. The van der Waals surface area contributed by atoms with Gasteiger partial charge in [0.25, 0.3) is 11.6 Å². The van der Waals surface area contributed by atoms with Crippen molar-refractivity contribution in [3.63, 3.8) is 0 Å². The molecule has 2 amide bonds. The first-order valence-electron chi connectivity index (χ1n) is 9.13. The molecule has 2 aromatic carbocycles. The number of aryl methyl sites for hydroxylation is 1. The Morgan fingerprint density at radius 3 is 2.31 bits per heavy atom. The number of rotatable bonds is 8. The fourth-order valence-corrected chi connectivity index (χ4v) is 2.51. The number of nitro groups is 1. The SMILES string of the molecule is Cc1ccc(NC(=O)COC(=O)CCC(=O)Nc2cccc(C(F)(F)F)c2)cc1[N+](=O)[O-]. The smallest absolute Gasteiger partial charge is 0.416 e. The number of alkyl halides is 3. The molecule has 9 nitrogen and oxygen atoms in total. The van der Waals surface area contributed by atoms with Crippen molar-refractivity contribution >= 4 is 34.8 Å². The second-order valence-electron chi connectivity index (χ2n) is 6.59. The average molecular weight is 453 g/mol.